The van der Waals surface area contributed by atoms with E-state index in [0.29, 0.717) is 13.1 Å². The molecule has 144 valence electrons. The third-order valence-corrected chi connectivity index (χ3v) is 5.59. The zero-order chi connectivity index (χ0) is 19.5. The van der Waals surface area contributed by atoms with E-state index >= 15 is 0 Å². The first-order valence-corrected chi connectivity index (χ1v) is 9.10. The van der Waals surface area contributed by atoms with E-state index in [1.165, 1.54) is 0 Å². The van der Waals surface area contributed by atoms with Crippen molar-refractivity contribution in [3.8, 4) is 0 Å². The van der Waals surface area contributed by atoms with Crippen LogP contribution in [0.4, 0.5) is 14.6 Å². The molecular weight excluding hydrogens is 356 g/mol. The average molecular weight is 377 g/mol. The molecule has 6 nitrogen and oxygen atoms in total. The fourth-order valence-corrected chi connectivity index (χ4v) is 4.05. The number of nitrogens with zero attached hydrogens (tertiary/aromatic N) is 2. The van der Waals surface area contributed by atoms with E-state index in [0.717, 1.165) is 31.4 Å². The molecule has 2 aliphatic rings. The molecule has 1 aliphatic heterocycles. The number of anilines is 1. The number of carboxylic acid groups (broad SMARTS) is 1. The van der Waals surface area contributed by atoms with Crippen molar-refractivity contribution in [2.24, 2.45) is 11.7 Å². The normalized spacial score (nSPS) is 21.0. The summed E-state index contributed by atoms with van der Waals surface area (Å²) in [5, 5.41) is 9.52. The molecule has 1 aromatic heterocycles. The van der Waals surface area contributed by atoms with Crippen LogP contribution in [0.3, 0.4) is 0 Å². The Morgan fingerprint density at radius 1 is 1.30 bits per heavy atom. The highest BCUT2D eigenvalue weighted by Gasteiger charge is 2.37. The van der Waals surface area contributed by atoms with E-state index in [1.807, 2.05) is 11.8 Å². The molecule has 1 saturated carbocycles. The Kier molecular flexibility index (Phi) is 4.18. The van der Waals surface area contributed by atoms with Gasteiger partial charge in [0.15, 0.2) is 5.82 Å². The predicted molar refractivity (Wildman–Crippen MR) is 97.3 cm³/mol. The van der Waals surface area contributed by atoms with Crippen LogP contribution in [0, 0.1) is 17.6 Å². The van der Waals surface area contributed by atoms with Gasteiger partial charge < -0.3 is 20.3 Å². The van der Waals surface area contributed by atoms with Gasteiger partial charge in [-0.1, -0.05) is 0 Å². The van der Waals surface area contributed by atoms with Gasteiger partial charge in [-0.2, -0.15) is 0 Å². The first-order valence-electron chi connectivity index (χ1n) is 9.10. The SMILES string of the molecule is CC(N)C1CCN(c2c(C(=O)O)c(=O)c3cc(F)cc(F)c3n2C2CC2)C1. The van der Waals surface area contributed by atoms with Gasteiger partial charge in [-0.05, 0) is 38.2 Å². The first-order chi connectivity index (χ1) is 12.8. The van der Waals surface area contributed by atoms with Gasteiger partial charge in [-0.25, -0.2) is 13.6 Å². The van der Waals surface area contributed by atoms with Crippen molar-refractivity contribution in [3.05, 3.63) is 39.6 Å². The summed E-state index contributed by atoms with van der Waals surface area (Å²) in [6.07, 6.45) is 2.27. The highest BCUT2D eigenvalue weighted by molar-refractivity contribution is 5.99. The zero-order valence-electron chi connectivity index (χ0n) is 14.9. The molecular formula is C19H21F2N3O3. The van der Waals surface area contributed by atoms with Crippen molar-refractivity contribution >= 4 is 22.7 Å². The lowest BCUT2D eigenvalue weighted by atomic mass is 10.0. The molecule has 3 N–H and O–H groups in total. The number of hydrogen-bond donors (Lipinski definition) is 2. The van der Waals surface area contributed by atoms with Crippen molar-refractivity contribution in [1.29, 1.82) is 0 Å². The fourth-order valence-electron chi connectivity index (χ4n) is 4.05. The van der Waals surface area contributed by atoms with E-state index < -0.39 is 28.6 Å². The molecule has 4 rings (SSSR count). The molecule has 2 atom stereocenters. The molecule has 27 heavy (non-hydrogen) atoms. The lowest BCUT2D eigenvalue weighted by Gasteiger charge is -2.27. The van der Waals surface area contributed by atoms with Crippen LogP contribution < -0.4 is 16.1 Å². The summed E-state index contributed by atoms with van der Waals surface area (Å²) in [5.74, 6) is -2.77. The van der Waals surface area contributed by atoms with Crippen LogP contribution in [0.15, 0.2) is 16.9 Å². The van der Waals surface area contributed by atoms with Crippen LogP contribution in [0.1, 0.15) is 42.6 Å². The summed E-state index contributed by atoms with van der Waals surface area (Å²) in [6, 6.07) is 1.48. The minimum atomic E-state index is -1.39. The lowest BCUT2D eigenvalue weighted by molar-refractivity contribution is 0.0695. The second-order valence-corrected chi connectivity index (χ2v) is 7.57. The number of carboxylic acids is 1. The number of carbonyl (C=O) groups is 1. The van der Waals surface area contributed by atoms with Crippen molar-refractivity contribution in [1.82, 2.24) is 4.57 Å². The predicted octanol–water partition coefficient (Wildman–Crippen LogP) is 2.49. The third-order valence-electron chi connectivity index (χ3n) is 5.59. The molecule has 1 saturated heterocycles. The molecule has 2 unspecified atom stereocenters. The zero-order valence-corrected chi connectivity index (χ0v) is 14.9. The van der Waals surface area contributed by atoms with Crippen LogP contribution in [-0.4, -0.2) is 34.8 Å². The van der Waals surface area contributed by atoms with E-state index in [2.05, 4.69) is 0 Å². The largest absolute Gasteiger partial charge is 0.477 e. The lowest BCUT2D eigenvalue weighted by Crippen LogP contribution is -2.34. The number of halogens is 2. The summed E-state index contributed by atoms with van der Waals surface area (Å²) < 4.78 is 30.0. The maximum atomic E-state index is 14.7. The molecule has 1 aromatic carbocycles. The van der Waals surface area contributed by atoms with Crippen molar-refractivity contribution in [2.75, 3.05) is 18.0 Å². The van der Waals surface area contributed by atoms with Crippen molar-refractivity contribution in [3.63, 3.8) is 0 Å². The maximum absolute atomic E-state index is 14.7. The number of aromatic nitrogens is 1. The monoisotopic (exact) mass is 377 g/mol. The second-order valence-electron chi connectivity index (χ2n) is 7.57. The van der Waals surface area contributed by atoms with Crippen LogP contribution >= 0.6 is 0 Å². The van der Waals surface area contributed by atoms with Crippen LogP contribution in [0.2, 0.25) is 0 Å². The highest BCUT2D eigenvalue weighted by Crippen LogP contribution is 2.43. The quantitative estimate of drug-likeness (QED) is 0.855. The van der Waals surface area contributed by atoms with E-state index in [9.17, 15) is 23.5 Å². The molecule has 8 heteroatoms. The Morgan fingerprint density at radius 3 is 2.56 bits per heavy atom. The number of aromatic carboxylic acids is 1. The van der Waals surface area contributed by atoms with E-state index in [1.54, 1.807) is 4.57 Å². The van der Waals surface area contributed by atoms with E-state index in [-0.39, 0.29) is 34.7 Å². The Morgan fingerprint density at radius 2 is 2.00 bits per heavy atom. The molecule has 0 radical (unpaired) electrons. The number of pyridine rings is 1. The molecule has 2 aromatic rings. The maximum Gasteiger partial charge on any atom is 0.343 e. The number of fused-ring (bicyclic) bond motifs is 1. The molecule has 0 amide bonds. The van der Waals surface area contributed by atoms with Crippen LogP contribution in [-0.2, 0) is 0 Å². The van der Waals surface area contributed by atoms with Gasteiger partial charge in [-0.15, -0.1) is 0 Å². The van der Waals surface area contributed by atoms with Crippen molar-refractivity contribution < 1.29 is 18.7 Å². The van der Waals surface area contributed by atoms with Gasteiger partial charge in [0.05, 0.1) is 10.9 Å². The first kappa shape index (κ1) is 17.9. The smallest absolute Gasteiger partial charge is 0.343 e. The standard InChI is InChI=1S/C19H21F2N3O3/c1-9(22)10-4-5-23(8-10)18-15(19(26)27)17(25)13-6-11(20)7-14(21)16(13)24(18)12-2-3-12/h6-7,9-10,12H,2-5,8,22H2,1H3,(H,26,27). The van der Waals surface area contributed by atoms with Crippen LogP contribution in [0.25, 0.3) is 10.9 Å². The summed E-state index contributed by atoms with van der Waals surface area (Å²) in [5.41, 5.74) is 4.69. The van der Waals surface area contributed by atoms with Gasteiger partial charge in [0.25, 0.3) is 0 Å². The Labute approximate surface area is 154 Å². The fraction of sp³-hybridized carbons (Fsp3) is 0.474. The second kappa shape index (κ2) is 6.30. The summed E-state index contributed by atoms with van der Waals surface area (Å²) >= 11 is 0. The summed E-state index contributed by atoms with van der Waals surface area (Å²) in [6.45, 7) is 2.93. The third kappa shape index (κ3) is 2.88. The molecule has 2 heterocycles. The molecule has 2 fully saturated rings. The van der Waals surface area contributed by atoms with Crippen molar-refractivity contribution in [2.45, 2.75) is 38.3 Å². The molecule has 0 spiro atoms. The molecule has 0 bridgehead atoms. The van der Waals surface area contributed by atoms with Gasteiger partial charge >= 0.3 is 5.97 Å². The molecule has 1 aliphatic carbocycles. The summed E-state index contributed by atoms with van der Waals surface area (Å²) in [4.78, 5) is 26.7. The Balaban J connectivity index is 2.05. The number of rotatable bonds is 4. The minimum absolute atomic E-state index is 0.0202. The number of hydrogen-bond acceptors (Lipinski definition) is 4. The van der Waals surface area contributed by atoms with Gasteiger partial charge in [-0.3, -0.25) is 4.79 Å². The van der Waals surface area contributed by atoms with E-state index in [4.69, 9.17) is 5.73 Å². The van der Waals surface area contributed by atoms with Gasteiger partial charge in [0.2, 0.25) is 5.43 Å². The van der Waals surface area contributed by atoms with Gasteiger partial charge in [0, 0.05) is 31.2 Å². The Hall–Kier alpha value is -2.48. The topological polar surface area (TPSA) is 88.6 Å². The summed E-state index contributed by atoms with van der Waals surface area (Å²) in [7, 11) is 0. The number of benzene rings is 1. The highest BCUT2D eigenvalue weighted by atomic mass is 19.1. The Bertz CT molecular complexity index is 998. The average Bonchev–Trinajstić information content (AvgIpc) is 3.30. The van der Waals surface area contributed by atoms with Gasteiger partial charge in [0.1, 0.15) is 17.2 Å². The number of nitrogens with two attached hydrogens (primary N) is 1. The van der Waals surface area contributed by atoms with Crippen LogP contribution in [0.5, 0.6) is 0 Å². The minimum Gasteiger partial charge on any atom is -0.477 e.